The highest BCUT2D eigenvalue weighted by molar-refractivity contribution is 6.18. The Morgan fingerprint density at radius 3 is 2.46 bits per heavy atom. The molecule has 0 spiro atoms. The fraction of sp³-hybridized carbons (Fsp3) is 0.529. The van der Waals surface area contributed by atoms with Crippen LogP contribution in [0.5, 0.6) is 11.5 Å². The Hall–Kier alpha value is -1.95. The Kier molecular flexibility index (Phi) is 6.73. The van der Waals surface area contributed by atoms with Gasteiger partial charge in [-0.15, -0.1) is 11.6 Å². The summed E-state index contributed by atoms with van der Waals surface area (Å²) in [5.74, 6) is 1.38. The van der Waals surface area contributed by atoms with Crippen molar-refractivity contribution >= 4 is 23.4 Å². The number of likely N-dealkylation sites (tertiary alicyclic amines) is 1. The van der Waals surface area contributed by atoms with E-state index in [2.05, 4.69) is 5.32 Å². The maximum absolute atomic E-state index is 12.6. The fourth-order valence-corrected chi connectivity index (χ4v) is 2.94. The van der Waals surface area contributed by atoms with E-state index in [9.17, 15) is 9.59 Å². The monoisotopic (exact) mass is 354 g/mol. The Bertz CT molecular complexity index is 586. The molecule has 0 saturated carbocycles. The minimum Gasteiger partial charge on any atom is -0.493 e. The molecule has 1 saturated heterocycles. The number of hydrogen-bond acceptors (Lipinski definition) is 4. The van der Waals surface area contributed by atoms with E-state index >= 15 is 0 Å². The van der Waals surface area contributed by atoms with E-state index in [1.165, 1.54) is 0 Å². The van der Waals surface area contributed by atoms with Crippen LogP contribution in [0.2, 0.25) is 0 Å². The molecule has 1 aromatic carbocycles. The van der Waals surface area contributed by atoms with Gasteiger partial charge in [0.1, 0.15) is 0 Å². The lowest BCUT2D eigenvalue weighted by Crippen LogP contribution is -2.46. The molecule has 0 aliphatic carbocycles. The van der Waals surface area contributed by atoms with Gasteiger partial charge in [-0.05, 0) is 31.0 Å². The number of carbonyl (C=O) groups excluding carboxylic acids is 2. The average Bonchev–Trinajstić information content (AvgIpc) is 2.61. The Balaban J connectivity index is 1.94. The average molecular weight is 355 g/mol. The van der Waals surface area contributed by atoms with E-state index in [-0.39, 0.29) is 17.9 Å². The number of nitrogens with one attached hydrogen (secondary N) is 1. The summed E-state index contributed by atoms with van der Waals surface area (Å²) in [4.78, 5) is 26.0. The molecule has 1 aromatic rings. The molecule has 0 aromatic heterocycles. The Morgan fingerprint density at radius 2 is 1.88 bits per heavy atom. The van der Waals surface area contributed by atoms with Crippen LogP contribution in [0.25, 0.3) is 0 Å². The molecule has 0 atom stereocenters. The molecule has 0 radical (unpaired) electrons. The van der Waals surface area contributed by atoms with Gasteiger partial charge in [0.25, 0.3) is 5.91 Å². The van der Waals surface area contributed by atoms with E-state index in [1.54, 1.807) is 37.3 Å². The first-order valence-electron chi connectivity index (χ1n) is 7.95. The second kappa shape index (κ2) is 8.78. The predicted molar refractivity (Wildman–Crippen MR) is 92.0 cm³/mol. The van der Waals surface area contributed by atoms with Gasteiger partial charge in [-0.2, -0.15) is 0 Å². The van der Waals surface area contributed by atoms with E-state index in [1.807, 2.05) is 0 Å². The summed E-state index contributed by atoms with van der Waals surface area (Å²) in [6.07, 6.45) is 1.81. The van der Waals surface area contributed by atoms with Crippen molar-refractivity contribution in [1.82, 2.24) is 10.2 Å². The molecule has 1 N–H and O–H groups in total. The first-order valence-corrected chi connectivity index (χ1v) is 8.49. The van der Waals surface area contributed by atoms with Crippen molar-refractivity contribution in [3.8, 4) is 11.5 Å². The van der Waals surface area contributed by atoms with Crippen molar-refractivity contribution in [1.29, 1.82) is 0 Å². The van der Waals surface area contributed by atoms with Crippen LogP contribution in [0.1, 0.15) is 29.6 Å². The number of halogens is 1. The van der Waals surface area contributed by atoms with Crippen molar-refractivity contribution in [3.05, 3.63) is 23.8 Å². The molecule has 0 unspecified atom stereocenters. The quantitative estimate of drug-likeness (QED) is 0.794. The summed E-state index contributed by atoms with van der Waals surface area (Å²) in [6.45, 7) is 1.22. The van der Waals surface area contributed by atoms with E-state index in [0.29, 0.717) is 42.5 Å². The van der Waals surface area contributed by atoms with Crippen LogP contribution in [0, 0.1) is 0 Å². The third kappa shape index (κ3) is 4.54. The lowest BCUT2D eigenvalue weighted by molar-refractivity contribution is -0.121. The number of amides is 2. The highest BCUT2D eigenvalue weighted by Gasteiger charge is 2.25. The number of carbonyl (C=O) groups is 2. The summed E-state index contributed by atoms with van der Waals surface area (Å²) in [7, 11) is 3.10. The third-order valence-electron chi connectivity index (χ3n) is 4.10. The minimum absolute atomic E-state index is 0.0327. The van der Waals surface area contributed by atoms with Crippen LogP contribution in [-0.2, 0) is 4.79 Å². The first-order chi connectivity index (χ1) is 11.6. The summed E-state index contributed by atoms with van der Waals surface area (Å²) in [6, 6.07) is 5.26. The maximum atomic E-state index is 12.6. The lowest BCUT2D eigenvalue weighted by Gasteiger charge is -2.32. The van der Waals surface area contributed by atoms with Gasteiger partial charge >= 0.3 is 0 Å². The van der Waals surface area contributed by atoms with Crippen LogP contribution < -0.4 is 14.8 Å². The minimum atomic E-state index is -0.0403. The van der Waals surface area contributed by atoms with Crippen molar-refractivity contribution in [2.75, 3.05) is 33.2 Å². The van der Waals surface area contributed by atoms with Gasteiger partial charge in [0.15, 0.2) is 11.5 Å². The number of benzene rings is 1. The summed E-state index contributed by atoms with van der Waals surface area (Å²) in [5, 5.41) is 2.95. The van der Waals surface area contributed by atoms with Gasteiger partial charge in [0, 0.05) is 37.0 Å². The smallest absolute Gasteiger partial charge is 0.253 e. The van der Waals surface area contributed by atoms with Crippen LogP contribution in [0.15, 0.2) is 18.2 Å². The highest BCUT2D eigenvalue weighted by atomic mass is 35.5. The summed E-state index contributed by atoms with van der Waals surface area (Å²) in [5.41, 5.74) is 0.567. The predicted octanol–water partition coefficient (Wildman–Crippen LogP) is 2.05. The zero-order chi connectivity index (χ0) is 17.5. The fourth-order valence-electron chi connectivity index (χ4n) is 2.76. The van der Waals surface area contributed by atoms with Gasteiger partial charge in [-0.3, -0.25) is 9.59 Å². The zero-order valence-electron chi connectivity index (χ0n) is 14.0. The molecular formula is C17H23ClN2O4. The molecule has 2 amide bonds. The van der Waals surface area contributed by atoms with Gasteiger partial charge in [-0.1, -0.05) is 0 Å². The second-order valence-corrected chi connectivity index (χ2v) is 6.02. The number of rotatable bonds is 6. The Morgan fingerprint density at radius 1 is 1.21 bits per heavy atom. The van der Waals surface area contributed by atoms with Crippen molar-refractivity contribution in [2.45, 2.75) is 25.3 Å². The lowest BCUT2D eigenvalue weighted by atomic mass is 10.0. The molecular weight excluding hydrogens is 332 g/mol. The number of ether oxygens (including phenoxy) is 2. The molecule has 1 heterocycles. The van der Waals surface area contributed by atoms with Gasteiger partial charge in [-0.25, -0.2) is 0 Å². The van der Waals surface area contributed by atoms with Crippen LogP contribution in [0.3, 0.4) is 0 Å². The third-order valence-corrected chi connectivity index (χ3v) is 4.29. The van der Waals surface area contributed by atoms with Crippen LogP contribution in [-0.4, -0.2) is 55.9 Å². The van der Waals surface area contributed by atoms with Crippen LogP contribution >= 0.6 is 11.6 Å². The number of nitrogens with zero attached hydrogens (tertiary/aromatic N) is 1. The largest absolute Gasteiger partial charge is 0.493 e. The molecule has 1 fully saturated rings. The standard InChI is InChI=1S/C17H23ClN2O4/c1-23-14-4-3-12(11-15(14)24-2)17(22)20-9-6-13(7-10-20)19-16(21)5-8-18/h3-4,11,13H,5-10H2,1-2H3,(H,19,21). The molecule has 1 aliphatic rings. The molecule has 6 nitrogen and oxygen atoms in total. The maximum Gasteiger partial charge on any atom is 0.253 e. The molecule has 132 valence electrons. The molecule has 24 heavy (non-hydrogen) atoms. The first kappa shape index (κ1) is 18.4. The van der Waals surface area contributed by atoms with E-state index < -0.39 is 0 Å². The van der Waals surface area contributed by atoms with Crippen LogP contribution in [0.4, 0.5) is 0 Å². The summed E-state index contributed by atoms with van der Waals surface area (Å²) < 4.78 is 10.4. The van der Waals surface area contributed by atoms with E-state index in [4.69, 9.17) is 21.1 Å². The number of alkyl halides is 1. The van der Waals surface area contributed by atoms with E-state index in [0.717, 1.165) is 12.8 Å². The topological polar surface area (TPSA) is 67.9 Å². The normalized spacial score (nSPS) is 15.0. The second-order valence-electron chi connectivity index (χ2n) is 5.64. The number of methoxy groups -OCH3 is 2. The van der Waals surface area contributed by atoms with Gasteiger partial charge < -0.3 is 19.7 Å². The van der Waals surface area contributed by atoms with Gasteiger partial charge in [0.05, 0.1) is 14.2 Å². The Labute approximate surface area is 147 Å². The van der Waals surface area contributed by atoms with Gasteiger partial charge in [0.2, 0.25) is 5.91 Å². The SMILES string of the molecule is COc1ccc(C(=O)N2CCC(NC(=O)CCCl)CC2)cc1OC. The number of piperidine rings is 1. The molecule has 1 aliphatic heterocycles. The van der Waals surface area contributed by atoms with Crippen molar-refractivity contribution < 1.29 is 19.1 Å². The van der Waals surface area contributed by atoms with Crippen molar-refractivity contribution in [3.63, 3.8) is 0 Å². The zero-order valence-corrected chi connectivity index (χ0v) is 14.8. The number of hydrogen-bond donors (Lipinski definition) is 1. The van der Waals surface area contributed by atoms with Crippen molar-refractivity contribution in [2.24, 2.45) is 0 Å². The molecule has 7 heteroatoms. The highest BCUT2D eigenvalue weighted by Crippen LogP contribution is 2.28. The summed E-state index contributed by atoms with van der Waals surface area (Å²) >= 11 is 5.56. The molecule has 0 bridgehead atoms. The molecule has 2 rings (SSSR count).